The summed E-state index contributed by atoms with van der Waals surface area (Å²) in [7, 11) is -3.20. The lowest BCUT2D eigenvalue weighted by Crippen LogP contribution is -2.47. The molecule has 2 aromatic heterocycles. The average molecular weight is 327 g/mol. The van der Waals surface area contributed by atoms with Crippen LogP contribution in [-0.4, -0.2) is 66.4 Å². The second-order valence-electron chi connectivity index (χ2n) is 5.17. The van der Waals surface area contributed by atoms with E-state index in [1.165, 1.54) is 16.9 Å². The van der Waals surface area contributed by atoms with Crippen LogP contribution in [0.3, 0.4) is 0 Å². The molecule has 1 aliphatic rings. The molecule has 9 nitrogen and oxygen atoms in total. The van der Waals surface area contributed by atoms with Gasteiger partial charge in [0.25, 0.3) is 5.71 Å². The fourth-order valence-corrected chi connectivity index (χ4v) is 3.23. The van der Waals surface area contributed by atoms with Crippen molar-refractivity contribution in [2.24, 2.45) is 0 Å². The number of fused-ring (bicyclic) bond motifs is 1. The van der Waals surface area contributed by atoms with Crippen molar-refractivity contribution in [3.63, 3.8) is 0 Å². The Morgan fingerprint density at radius 2 is 2.27 bits per heavy atom. The second kappa shape index (κ2) is 5.78. The molecule has 120 valence electrons. The number of rotatable bonds is 4. The van der Waals surface area contributed by atoms with Crippen LogP contribution in [0.15, 0.2) is 10.9 Å². The predicted octanol–water partition coefficient (Wildman–Crippen LogP) is -0.00148. The van der Waals surface area contributed by atoms with E-state index in [1.807, 2.05) is 6.92 Å². The van der Waals surface area contributed by atoms with E-state index in [9.17, 15) is 8.42 Å². The Bertz CT molecular complexity index is 775. The SMILES string of the molecule is Cc1noc2ncnc(NC[C@@H]3CN(S(C)(=O)=O)CCO3)c12. The molecule has 10 heteroatoms. The van der Waals surface area contributed by atoms with Gasteiger partial charge < -0.3 is 14.6 Å². The van der Waals surface area contributed by atoms with Crippen LogP contribution in [0.2, 0.25) is 0 Å². The lowest BCUT2D eigenvalue weighted by atomic mass is 10.2. The second-order valence-corrected chi connectivity index (χ2v) is 7.15. The molecule has 0 aliphatic carbocycles. The van der Waals surface area contributed by atoms with Gasteiger partial charge in [-0.05, 0) is 6.92 Å². The van der Waals surface area contributed by atoms with Crippen LogP contribution in [0.4, 0.5) is 5.82 Å². The molecule has 0 saturated carbocycles. The molecular formula is C12H17N5O4S. The Morgan fingerprint density at radius 1 is 1.45 bits per heavy atom. The number of aryl methyl sites for hydroxylation is 1. The Kier molecular flexibility index (Phi) is 3.98. The Morgan fingerprint density at radius 3 is 3.05 bits per heavy atom. The minimum atomic E-state index is -3.20. The molecule has 0 amide bonds. The molecule has 0 aromatic carbocycles. The van der Waals surface area contributed by atoms with Crippen molar-refractivity contribution in [1.82, 2.24) is 19.4 Å². The molecule has 1 atom stereocenters. The van der Waals surface area contributed by atoms with Gasteiger partial charge in [-0.15, -0.1) is 0 Å². The number of morpholine rings is 1. The fourth-order valence-electron chi connectivity index (χ4n) is 2.38. The summed E-state index contributed by atoms with van der Waals surface area (Å²) in [6.07, 6.45) is 2.35. The molecule has 0 bridgehead atoms. The third-order valence-corrected chi connectivity index (χ3v) is 4.78. The standard InChI is InChI=1S/C12H17N5O4S/c1-8-10-11(14-7-15-12(10)21-16-8)13-5-9-6-17(3-4-20-9)22(2,18)19/h7,9H,3-6H2,1-2H3,(H,13,14,15)/t9-/m1/s1. The molecule has 1 saturated heterocycles. The lowest BCUT2D eigenvalue weighted by Gasteiger charge is -2.31. The molecule has 1 N–H and O–H groups in total. The molecule has 1 fully saturated rings. The largest absolute Gasteiger partial charge is 0.374 e. The van der Waals surface area contributed by atoms with E-state index in [0.29, 0.717) is 43.5 Å². The van der Waals surface area contributed by atoms with E-state index < -0.39 is 10.0 Å². The predicted molar refractivity (Wildman–Crippen MR) is 79.0 cm³/mol. The zero-order chi connectivity index (χ0) is 15.7. The van der Waals surface area contributed by atoms with Crippen molar-refractivity contribution in [2.45, 2.75) is 13.0 Å². The van der Waals surface area contributed by atoms with E-state index in [0.717, 1.165) is 5.39 Å². The average Bonchev–Trinajstić information content (AvgIpc) is 2.87. The maximum absolute atomic E-state index is 11.6. The van der Waals surface area contributed by atoms with Crippen LogP contribution in [0.5, 0.6) is 0 Å². The summed E-state index contributed by atoms with van der Waals surface area (Å²) in [5.41, 5.74) is 1.11. The van der Waals surface area contributed by atoms with E-state index in [-0.39, 0.29) is 6.10 Å². The van der Waals surface area contributed by atoms with Gasteiger partial charge in [0.2, 0.25) is 10.0 Å². The molecule has 0 spiro atoms. The number of hydrogen-bond donors (Lipinski definition) is 1. The normalized spacial score (nSPS) is 20.4. The van der Waals surface area contributed by atoms with Crippen molar-refractivity contribution < 1.29 is 17.7 Å². The molecule has 0 unspecified atom stereocenters. The Hall–Kier alpha value is -1.78. The highest BCUT2D eigenvalue weighted by molar-refractivity contribution is 7.88. The molecule has 2 aromatic rings. The van der Waals surface area contributed by atoms with Crippen molar-refractivity contribution in [3.8, 4) is 0 Å². The van der Waals surface area contributed by atoms with Crippen molar-refractivity contribution in [2.75, 3.05) is 37.8 Å². The summed E-state index contributed by atoms with van der Waals surface area (Å²) < 4.78 is 35.3. The van der Waals surface area contributed by atoms with Gasteiger partial charge in [-0.25, -0.2) is 13.4 Å². The summed E-state index contributed by atoms with van der Waals surface area (Å²) in [6, 6.07) is 0. The minimum absolute atomic E-state index is 0.242. The van der Waals surface area contributed by atoms with Crippen LogP contribution in [0.1, 0.15) is 5.69 Å². The number of sulfonamides is 1. The van der Waals surface area contributed by atoms with Crippen LogP contribution in [-0.2, 0) is 14.8 Å². The Balaban J connectivity index is 1.70. The number of hydrogen-bond acceptors (Lipinski definition) is 8. The van der Waals surface area contributed by atoms with Gasteiger partial charge >= 0.3 is 0 Å². The van der Waals surface area contributed by atoms with Gasteiger partial charge in [-0.1, -0.05) is 5.16 Å². The van der Waals surface area contributed by atoms with E-state index >= 15 is 0 Å². The summed E-state index contributed by atoms with van der Waals surface area (Å²) >= 11 is 0. The Labute approximate surface area is 127 Å². The number of nitrogens with zero attached hydrogens (tertiary/aromatic N) is 4. The highest BCUT2D eigenvalue weighted by atomic mass is 32.2. The van der Waals surface area contributed by atoms with Crippen molar-refractivity contribution in [1.29, 1.82) is 0 Å². The third kappa shape index (κ3) is 3.03. The summed E-state index contributed by atoms with van der Waals surface area (Å²) in [5.74, 6) is 0.601. The van der Waals surface area contributed by atoms with Gasteiger partial charge in [0.15, 0.2) is 0 Å². The minimum Gasteiger partial charge on any atom is -0.374 e. The number of ether oxygens (including phenoxy) is 1. The maximum Gasteiger partial charge on any atom is 0.263 e. The monoisotopic (exact) mass is 327 g/mol. The molecule has 0 radical (unpaired) electrons. The summed E-state index contributed by atoms with van der Waals surface area (Å²) in [6.45, 7) is 3.33. The highest BCUT2D eigenvalue weighted by Crippen LogP contribution is 2.22. The van der Waals surface area contributed by atoms with Crippen LogP contribution < -0.4 is 5.32 Å². The highest BCUT2D eigenvalue weighted by Gasteiger charge is 2.26. The van der Waals surface area contributed by atoms with Crippen molar-refractivity contribution >= 4 is 26.9 Å². The maximum atomic E-state index is 11.6. The van der Waals surface area contributed by atoms with Crippen molar-refractivity contribution in [3.05, 3.63) is 12.0 Å². The smallest absolute Gasteiger partial charge is 0.263 e. The number of anilines is 1. The first-order valence-corrected chi connectivity index (χ1v) is 8.67. The van der Waals surface area contributed by atoms with Gasteiger partial charge in [-0.2, -0.15) is 9.29 Å². The molecule has 3 heterocycles. The zero-order valence-corrected chi connectivity index (χ0v) is 13.1. The number of aromatic nitrogens is 3. The lowest BCUT2D eigenvalue weighted by molar-refractivity contribution is 0.00702. The molecule has 22 heavy (non-hydrogen) atoms. The van der Waals surface area contributed by atoms with Crippen LogP contribution >= 0.6 is 0 Å². The topological polar surface area (TPSA) is 110 Å². The van der Waals surface area contributed by atoms with E-state index in [4.69, 9.17) is 9.26 Å². The summed E-state index contributed by atoms with van der Waals surface area (Å²) in [5, 5.41) is 7.74. The fraction of sp³-hybridized carbons (Fsp3) is 0.583. The molecule has 3 rings (SSSR count). The first-order valence-electron chi connectivity index (χ1n) is 6.82. The van der Waals surface area contributed by atoms with E-state index in [2.05, 4.69) is 20.4 Å². The third-order valence-electron chi connectivity index (χ3n) is 3.51. The van der Waals surface area contributed by atoms with E-state index in [1.54, 1.807) is 0 Å². The summed E-state index contributed by atoms with van der Waals surface area (Å²) in [4.78, 5) is 8.19. The van der Waals surface area contributed by atoms with Gasteiger partial charge in [-0.3, -0.25) is 0 Å². The molecular weight excluding hydrogens is 310 g/mol. The molecule has 1 aliphatic heterocycles. The van der Waals surface area contributed by atoms with Crippen LogP contribution in [0.25, 0.3) is 11.1 Å². The van der Waals surface area contributed by atoms with Gasteiger partial charge in [0.1, 0.15) is 17.5 Å². The van der Waals surface area contributed by atoms with Crippen LogP contribution in [0, 0.1) is 6.92 Å². The van der Waals surface area contributed by atoms with Gasteiger partial charge in [0.05, 0.1) is 24.7 Å². The quantitative estimate of drug-likeness (QED) is 0.835. The van der Waals surface area contributed by atoms with Gasteiger partial charge in [0, 0.05) is 19.6 Å². The first-order chi connectivity index (χ1) is 10.4. The zero-order valence-electron chi connectivity index (χ0n) is 12.3. The number of nitrogens with one attached hydrogen (secondary N) is 1. The first kappa shape index (κ1) is 15.1.